The molecule has 35 heavy (non-hydrogen) atoms. The lowest BCUT2D eigenvalue weighted by atomic mass is 10.1. The van der Waals surface area contributed by atoms with Crippen LogP contribution in [0.15, 0.2) is 108 Å². The number of nitrogens with zero attached hydrogens (tertiary/aromatic N) is 2. The van der Waals surface area contributed by atoms with E-state index in [9.17, 15) is 13.2 Å². The SMILES string of the molecule is Cc1ccc(NC(=O)c2ccc(-n3cnc4ccccc43)cc2)cc1NS(=O)(=O)c1ccccc1. The third kappa shape index (κ3) is 4.64. The van der Waals surface area contributed by atoms with Crippen LogP contribution in [0.2, 0.25) is 0 Å². The molecule has 7 nitrogen and oxygen atoms in total. The Labute approximate surface area is 203 Å². The fourth-order valence-electron chi connectivity index (χ4n) is 3.75. The Balaban J connectivity index is 1.34. The van der Waals surface area contributed by atoms with Crippen LogP contribution in [0.4, 0.5) is 11.4 Å². The Morgan fingerprint density at radius 3 is 2.34 bits per heavy atom. The number of para-hydroxylation sites is 2. The van der Waals surface area contributed by atoms with Gasteiger partial charge >= 0.3 is 0 Å². The van der Waals surface area contributed by atoms with Crippen molar-refractivity contribution < 1.29 is 13.2 Å². The van der Waals surface area contributed by atoms with Crippen LogP contribution in [0.5, 0.6) is 0 Å². The van der Waals surface area contributed by atoms with Gasteiger partial charge in [0, 0.05) is 16.9 Å². The highest BCUT2D eigenvalue weighted by Crippen LogP contribution is 2.24. The number of rotatable bonds is 6. The van der Waals surface area contributed by atoms with Crippen molar-refractivity contribution in [3.8, 4) is 5.69 Å². The minimum Gasteiger partial charge on any atom is -0.322 e. The predicted molar refractivity (Wildman–Crippen MR) is 137 cm³/mol. The fraction of sp³-hybridized carbons (Fsp3) is 0.0370. The molecular weight excluding hydrogens is 460 g/mol. The van der Waals surface area contributed by atoms with E-state index in [4.69, 9.17) is 0 Å². The lowest BCUT2D eigenvalue weighted by Crippen LogP contribution is -2.15. The van der Waals surface area contributed by atoms with Crippen molar-refractivity contribution in [2.45, 2.75) is 11.8 Å². The first-order valence-electron chi connectivity index (χ1n) is 10.9. The van der Waals surface area contributed by atoms with E-state index in [1.54, 1.807) is 61.8 Å². The van der Waals surface area contributed by atoms with Gasteiger partial charge in [-0.2, -0.15) is 0 Å². The van der Waals surface area contributed by atoms with Crippen molar-refractivity contribution in [2.75, 3.05) is 10.0 Å². The highest BCUT2D eigenvalue weighted by atomic mass is 32.2. The van der Waals surface area contributed by atoms with Crippen LogP contribution in [0.3, 0.4) is 0 Å². The highest BCUT2D eigenvalue weighted by molar-refractivity contribution is 7.92. The first-order valence-corrected chi connectivity index (χ1v) is 12.4. The molecule has 1 aromatic heterocycles. The molecule has 1 amide bonds. The molecule has 0 aliphatic carbocycles. The zero-order chi connectivity index (χ0) is 24.4. The molecular formula is C27H22N4O3S. The third-order valence-corrected chi connectivity index (χ3v) is 7.04. The van der Waals surface area contributed by atoms with Crippen LogP contribution in [-0.4, -0.2) is 23.9 Å². The first-order chi connectivity index (χ1) is 16.9. The monoisotopic (exact) mass is 482 g/mol. The normalized spacial score (nSPS) is 11.3. The third-order valence-electron chi connectivity index (χ3n) is 5.65. The number of benzene rings is 4. The Morgan fingerprint density at radius 2 is 1.57 bits per heavy atom. The van der Waals surface area contributed by atoms with Crippen LogP contribution in [0.25, 0.3) is 16.7 Å². The van der Waals surface area contributed by atoms with Crippen molar-refractivity contribution in [2.24, 2.45) is 0 Å². The van der Waals surface area contributed by atoms with E-state index in [2.05, 4.69) is 15.0 Å². The first kappa shape index (κ1) is 22.4. The Bertz CT molecular complexity index is 1630. The molecule has 1 heterocycles. The topological polar surface area (TPSA) is 93.1 Å². The van der Waals surface area contributed by atoms with Crippen molar-refractivity contribution in [3.05, 3.63) is 115 Å². The molecule has 5 rings (SSSR count). The van der Waals surface area contributed by atoms with Crippen molar-refractivity contribution >= 4 is 38.3 Å². The van der Waals surface area contributed by atoms with Gasteiger partial charge in [-0.15, -0.1) is 0 Å². The van der Waals surface area contributed by atoms with E-state index in [1.807, 2.05) is 41.0 Å². The number of nitrogens with one attached hydrogen (secondary N) is 2. The summed E-state index contributed by atoms with van der Waals surface area (Å²) in [6, 6.07) is 28.3. The van der Waals surface area contributed by atoms with Crippen molar-refractivity contribution in [1.82, 2.24) is 9.55 Å². The maximum atomic E-state index is 12.9. The summed E-state index contributed by atoms with van der Waals surface area (Å²) < 4.78 is 30.0. The van der Waals surface area contributed by atoms with Gasteiger partial charge in [-0.1, -0.05) is 36.4 Å². The van der Waals surface area contributed by atoms with Crippen LogP contribution in [0.1, 0.15) is 15.9 Å². The number of sulfonamides is 1. The van der Waals surface area contributed by atoms with Gasteiger partial charge < -0.3 is 5.32 Å². The quantitative estimate of drug-likeness (QED) is 0.339. The number of fused-ring (bicyclic) bond motifs is 1. The van der Waals surface area contributed by atoms with Crippen LogP contribution >= 0.6 is 0 Å². The van der Waals surface area contributed by atoms with Gasteiger partial charge in [-0.3, -0.25) is 14.1 Å². The minimum absolute atomic E-state index is 0.166. The van der Waals surface area contributed by atoms with Crippen LogP contribution < -0.4 is 10.0 Å². The molecule has 0 saturated heterocycles. The van der Waals surface area contributed by atoms with Gasteiger partial charge in [0.25, 0.3) is 15.9 Å². The summed E-state index contributed by atoms with van der Waals surface area (Å²) in [5.74, 6) is -0.298. The maximum absolute atomic E-state index is 12.9. The zero-order valence-corrected chi connectivity index (χ0v) is 19.7. The average Bonchev–Trinajstić information content (AvgIpc) is 3.31. The Hall–Kier alpha value is -4.43. The maximum Gasteiger partial charge on any atom is 0.261 e. The van der Waals surface area contributed by atoms with E-state index in [1.165, 1.54) is 12.1 Å². The van der Waals surface area contributed by atoms with E-state index in [-0.39, 0.29) is 10.8 Å². The summed E-state index contributed by atoms with van der Waals surface area (Å²) in [6.07, 6.45) is 1.75. The average molecular weight is 483 g/mol. The second kappa shape index (κ2) is 9.08. The number of carbonyl (C=O) groups excluding carboxylic acids is 1. The lowest BCUT2D eigenvalue weighted by molar-refractivity contribution is 0.102. The molecule has 0 unspecified atom stereocenters. The summed E-state index contributed by atoms with van der Waals surface area (Å²) >= 11 is 0. The molecule has 0 saturated carbocycles. The molecule has 174 valence electrons. The minimum atomic E-state index is -3.75. The summed E-state index contributed by atoms with van der Waals surface area (Å²) in [7, 11) is -3.75. The van der Waals surface area contributed by atoms with Gasteiger partial charge in [-0.05, 0) is 73.2 Å². The number of aromatic nitrogens is 2. The standard InChI is InChI=1S/C27H22N4O3S/c1-19-11-14-21(17-25(19)30-35(33,34)23-7-3-2-4-8-23)29-27(32)20-12-15-22(16-13-20)31-18-28-24-9-5-6-10-26(24)31/h2-18,30H,1H3,(H,29,32). The van der Waals surface area contributed by atoms with Gasteiger partial charge in [0.2, 0.25) is 0 Å². The summed E-state index contributed by atoms with van der Waals surface area (Å²) in [6.45, 7) is 1.80. The van der Waals surface area contributed by atoms with Gasteiger partial charge in [-0.25, -0.2) is 13.4 Å². The predicted octanol–water partition coefficient (Wildman–Crippen LogP) is 5.39. The molecule has 5 aromatic rings. The fourth-order valence-corrected chi connectivity index (χ4v) is 4.90. The Kier molecular flexibility index (Phi) is 5.80. The summed E-state index contributed by atoms with van der Waals surface area (Å²) in [4.78, 5) is 17.4. The molecule has 0 aliphatic heterocycles. The molecule has 0 atom stereocenters. The number of hydrogen-bond acceptors (Lipinski definition) is 4. The number of hydrogen-bond donors (Lipinski definition) is 2. The molecule has 2 N–H and O–H groups in total. The summed E-state index contributed by atoms with van der Waals surface area (Å²) in [5.41, 5.74) is 4.86. The molecule has 0 radical (unpaired) electrons. The van der Waals surface area contributed by atoms with E-state index >= 15 is 0 Å². The number of aryl methyl sites for hydroxylation is 1. The summed E-state index contributed by atoms with van der Waals surface area (Å²) in [5, 5.41) is 2.84. The molecule has 0 fully saturated rings. The molecule has 0 bridgehead atoms. The molecule has 4 aromatic carbocycles. The largest absolute Gasteiger partial charge is 0.322 e. The number of carbonyl (C=O) groups is 1. The van der Waals surface area contributed by atoms with Gasteiger partial charge in [0.1, 0.15) is 6.33 Å². The van der Waals surface area contributed by atoms with Gasteiger partial charge in [0.15, 0.2) is 0 Å². The van der Waals surface area contributed by atoms with Crippen molar-refractivity contribution in [3.63, 3.8) is 0 Å². The Morgan fingerprint density at radius 1 is 0.857 bits per heavy atom. The lowest BCUT2D eigenvalue weighted by Gasteiger charge is -2.13. The van der Waals surface area contributed by atoms with Crippen LogP contribution in [-0.2, 0) is 10.0 Å². The number of amides is 1. The van der Waals surface area contributed by atoms with Gasteiger partial charge in [0.05, 0.1) is 21.6 Å². The van der Waals surface area contributed by atoms with E-state index in [0.29, 0.717) is 16.9 Å². The molecule has 0 spiro atoms. The van der Waals surface area contributed by atoms with E-state index in [0.717, 1.165) is 22.3 Å². The highest BCUT2D eigenvalue weighted by Gasteiger charge is 2.16. The molecule has 8 heteroatoms. The zero-order valence-electron chi connectivity index (χ0n) is 18.8. The van der Waals surface area contributed by atoms with E-state index < -0.39 is 10.0 Å². The smallest absolute Gasteiger partial charge is 0.261 e. The molecule has 0 aliphatic rings. The second-order valence-electron chi connectivity index (χ2n) is 8.05. The second-order valence-corrected chi connectivity index (χ2v) is 9.73. The number of imidazole rings is 1. The van der Waals surface area contributed by atoms with Crippen LogP contribution in [0, 0.1) is 6.92 Å². The van der Waals surface area contributed by atoms with Crippen molar-refractivity contribution in [1.29, 1.82) is 0 Å². The number of anilines is 2.